The van der Waals surface area contributed by atoms with Gasteiger partial charge in [-0.25, -0.2) is 13.6 Å². The zero-order valence-corrected chi connectivity index (χ0v) is 18.3. The summed E-state index contributed by atoms with van der Waals surface area (Å²) in [6.07, 6.45) is 5.49. The number of allylic oxidation sites excluding steroid dienone is 1. The number of halogens is 3. The third kappa shape index (κ3) is 4.60. The van der Waals surface area contributed by atoms with Gasteiger partial charge in [-0.15, -0.1) is 0 Å². The second-order valence-corrected chi connectivity index (χ2v) is 8.64. The summed E-state index contributed by atoms with van der Waals surface area (Å²) in [6, 6.07) is 9.40. The molecule has 2 aromatic carbocycles. The summed E-state index contributed by atoms with van der Waals surface area (Å²) in [5.74, 6) is -2.14. The molecule has 0 spiro atoms. The van der Waals surface area contributed by atoms with Crippen molar-refractivity contribution in [3.63, 3.8) is 0 Å². The van der Waals surface area contributed by atoms with E-state index >= 15 is 4.39 Å². The highest BCUT2D eigenvalue weighted by atomic mass is 19.1. The third-order valence-corrected chi connectivity index (χ3v) is 6.41. The van der Waals surface area contributed by atoms with E-state index in [1.807, 2.05) is 18.2 Å². The van der Waals surface area contributed by atoms with Crippen LogP contribution in [0.15, 0.2) is 36.4 Å². The lowest BCUT2D eigenvalue weighted by molar-refractivity contribution is 0.0589. The van der Waals surface area contributed by atoms with E-state index < -0.39 is 23.2 Å². The Balaban J connectivity index is 1.53. The van der Waals surface area contributed by atoms with E-state index in [9.17, 15) is 13.6 Å². The summed E-state index contributed by atoms with van der Waals surface area (Å²) in [4.78, 5) is 14.1. The molecule has 1 aliphatic carbocycles. The lowest BCUT2D eigenvalue weighted by Gasteiger charge is -2.39. The number of benzene rings is 2. The number of carbonyl (C=O) groups excluding carboxylic acids is 1. The van der Waals surface area contributed by atoms with Crippen LogP contribution >= 0.6 is 0 Å². The van der Waals surface area contributed by atoms with Crippen LogP contribution in [0.5, 0.6) is 0 Å². The number of hydrogen-bond acceptors (Lipinski definition) is 3. The van der Waals surface area contributed by atoms with Gasteiger partial charge in [-0.3, -0.25) is 4.39 Å². The molecule has 3 nitrogen and oxygen atoms in total. The number of rotatable bonds is 7. The number of likely N-dealkylation sites (tertiary alicyclic amines) is 1. The molecule has 2 aromatic rings. The first-order chi connectivity index (χ1) is 15.5. The molecular weight excluding hydrogens is 415 g/mol. The molecule has 0 amide bonds. The van der Waals surface area contributed by atoms with Crippen LogP contribution in [0.3, 0.4) is 0 Å². The number of esters is 1. The van der Waals surface area contributed by atoms with E-state index in [-0.39, 0.29) is 6.67 Å². The Hall–Kier alpha value is -2.60. The highest BCUT2D eigenvalue weighted by Crippen LogP contribution is 2.35. The summed E-state index contributed by atoms with van der Waals surface area (Å²) in [6.45, 7) is 2.56. The Labute approximate surface area is 186 Å². The van der Waals surface area contributed by atoms with Crippen molar-refractivity contribution >= 4 is 11.5 Å². The van der Waals surface area contributed by atoms with E-state index in [4.69, 9.17) is 0 Å². The van der Waals surface area contributed by atoms with Gasteiger partial charge in [0.25, 0.3) is 0 Å². The Morgan fingerprint density at radius 1 is 1.19 bits per heavy atom. The fraction of sp³-hybridized carbons (Fsp3) is 0.423. The minimum atomic E-state index is -0.999. The van der Waals surface area contributed by atoms with E-state index in [1.165, 1.54) is 11.6 Å². The molecule has 0 bridgehead atoms. The van der Waals surface area contributed by atoms with Gasteiger partial charge in [0, 0.05) is 19.6 Å². The Morgan fingerprint density at radius 3 is 2.62 bits per heavy atom. The van der Waals surface area contributed by atoms with Gasteiger partial charge in [-0.2, -0.15) is 0 Å². The standard InChI is InChI=1S/C26H28F3NO2/c1-32-26(31)24-23(28)14-22-20(5-2-3-6-21(22)25(24)29)19-9-7-17(8-10-19)13-18-15-30(16-18)12-4-11-27/h5,7-10,14,18H,2-4,6,11-13,15-16H2,1H3. The molecule has 1 fully saturated rings. The normalized spacial score (nSPS) is 16.7. The second kappa shape index (κ2) is 9.90. The molecule has 32 heavy (non-hydrogen) atoms. The SMILES string of the molecule is COC(=O)c1c(F)cc2c(c1F)CCCC=C2c1ccc(CC2CN(CCCF)C2)cc1. The fourth-order valence-corrected chi connectivity index (χ4v) is 4.77. The van der Waals surface area contributed by atoms with Crippen molar-refractivity contribution in [2.24, 2.45) is 5.92 Å². The minimum Gasteiger partial charge on any atom is -0.465 e. The van der Waals surface area contributed by atoms with Crippen molar-refractivity contribution in [2.75, 3.05) is 33.4 Å². The highest BCUT2D eigenvalue weighted by Gasteiger charge is 2.28. The molecule has 1 saturated heterocycles. The molecule has 0 unspecified atom stereocenters. The molecule has 0 saturated carbocycles. The largest absolute Gasteiger partial charge is 0.465 e. The second-order valence-electron chi connectivity index (χ2n) is 8.64. The van der Waals surface area contributed by atoms with Crippen LogP contribution in [0, 0.1) is 17.6 Å². The highest BCUT2D eigenvalue weighted by molar-refractivity contribution is 5.92. The molecule has 6 heteroatoms. The Bertz CT molecular complexity index is 1010. The van der Waals surface area contributed by atoms with Crippen LogP contribution in [0.1, 0.15) is 51.9 Å². The maximum Gasteiger partial charge on any atom is 0.343 e. The van der Waals surface area contributed by atoms with Crippen molar-refractivity contribution in [3.05, 3.63) is 75.9 Å². The molecule has 4 rings (SSSR count). The summed E-state index contributed by atoms with van der Waals surface area (Å²) < 4.78 is 46.6. The number of ether oxygens (including phenoxy) is 1. The molecular formula is C26H28F3NO2. The quantitative estimate of drug-likeness (QED) is 0.540. The van der Waals surface area contributed by atoms with Crippen LogP contribution in [0.25, 0.3) is 5.57 Å². The number of methoxy groups -OCH3 is 1. The van der Waals surface area contributed by atoms with Gasteiger partial charge in [0.1, 0.15) is 17.2 Å². The summed E-state index contributed by atoms with van der Waals surface area (Å²) >= 11 is 0. The maximum atomic E-state index is 15.1. The topological polar surface area (TPSA) is 29.5 Å². The van der Waals surface area contributed by atoms with Crippen LogP contribution in [0.2, 0.25) is 0 Å². The summed E-state index contributed by atoms with van der Waals surface area (Å²) in [5.41, 5.74) is 3.16. The van der Waals surface area contributed by atoms with Gasteiger partial charge in [-0.05, 0) is 71.9 Å². The van der Waals surface area contributed by atoms with Crippen molar-refractivity contribution in [2.45, 2.75) is 32.1 Å². The number of alkyl halides is 1. The maximum absolute atomic E-state index is 15.1. The van der Waals surface area contributed by atoms with E-state index in [0.717, 1.165) is 57.1 Å². The molecule has 170 valence electrons. The molecule has 1 heterocycles. The van der Waals surface area contributed by atoms with E-state index in [1.54, 1.807) is 0 Å². The number of fused-ring (bicyclic) bond motifs is 1. The number of nitrogens with zero attached hydrogens (tertiary/aromatic N) is 1. The molecule has 0 aromatic heterocycles. The third-order valence-electron chi connectivity index (χ3n) is 6.41. The molecule has 2 aliphatic rings. The smallest absolute Gasteiger partial charge is 0.343 e. The number of hydrogen-bond donors (Lipinski definition) is 0. The average Bonchev–Trinajstić information content (AvgIpc) is 2.98. The zero-order valence-electron chi connectivity index (χ0n) is 18.3. The Kier molecular flexibility index (Phi) is 6.99. The van der Waals surface area contributed by atoms with Gasteiger partial charge >= 0.3 is 5.97 Å². The lowest BCUT2D eigenvalue weighted by atomic mass is 9.89. The summed E-state index contributed by atoms with van der Waals surface area (Å²) in [7, 11) is 1.12. The predicted octanol–water partition coefficient (Wildman–Crippen LogP) is 5.35. The van der Waals surface area contributed by atoms with Gasteiger partial charge in [0.05, 0.1) is 13.8 Å². The van der Waals surface area contributed by atoms with Gasteiger partial charge in [-0.1, -0.05) is 30.3 Å². The summed E-state index contributed by atoms with van der Waals surface area (Å²) in [5, 5.41) is 0. The predicted molar refractivity (Wildman–Crippen MR) is 118 cm³/mol. The van der Waals surface area contributed by atoms with Crippen molar-refractivity contribution < 1.29 is 22.7 Å². The first-order valence-corrected chi connectivity index (χ1v) is 11.2. The Morgan fingerprint density at radius 2 is 1.94 bits per heavy atom. The van der Waals surface area contributed by atoms with Crippen molar-refractivity contribution in [1.82, 2.24) is 4.90 Å². The lowest BCUT2D eigenvalue weighted by Crippen LogP contribution is -2.47. The van der Waals surface area contributed by atoms with Gasteiger partial charge in [0.15, 0.2) is 0 Å². The van der Waals surface area contributed by atoms with Crippen LogP contribution in [-0.2, 0) is 17.6 Å². The number of carbonyl (C=O) groups is 1. The molecule has 0 atom stereocenters. The first kappa shape index (κ1) is 22.6. The molecule has 0 N–H and O–H groups in total. The van der Waals surface area contributed by atoms with Gasteiger partial charge < -0.3 is 9.64 Å². The monoisotopic (exact) mass is 443 g/mol. The van der Waals surface area contributed by atoms with Crippen LogP contribution in [0.4, 0.5) is 13.2 Å². The first-order valence-electron chi connectivity index (χ1n) is 11.2. The van der Waals surface area contributed by atoms with E-state index in [2.05, 4.69) is 21.8 Å². The molecule has 0 radical (unpaired) electrons. The van der Waals surface area contributed by atoms with Crippen LogP contribution < -0.4 is 0 Å². The zero-order chi connectivity index (χ0) is 22.7. The average molecular weight is 444 g/mol. The van der Waals surface area contributed by atoms with Crippen LogP contribution in [-0.4, -0.2) is 44.3 Å². The van der Waals surface area contributed by atoms with Gasteiger partial charge in [0.2, 0.25) is 0 Å². The molecule has 1 aliphatic heterocycles. The van der Waals surface area contributed by atoms with Crippen molar-refractivity contribution in [1.29, 1.82) is 0 Å². The van der Waals surface area contributed by atoms with E-state index in [0.29, 0.717) is 29.9 Å². The van der Waals surface area contributed by atoms with Crippen molar-refractivity contribution in [3.8, 4) is 0 Å². The fourth-order valence-electron chi connectivity index (χ4n) is 4.77. The minimum absolute atomic E-state index is 0.264.